The van der Waals surface area contributed by atoms with Gasteiger partial charge in [0.15, 0.2) is 10.9 Å². The number of nitrogens with one attached hydrogen (secondary N) is 3. The standard InChI is InChI=1S/C19H24N4O4S2/c1-12-7-8-16(15(9-12)17(24)13-5-3-4-6-13)22-18(25)23-19-20-10-14(28-19)11-21-29(2,26)27/h7-10,13,21H,3-6,11H2,1-2H3,(H2,20,22,23,25). The van der Waals surface area contributed by atoms with Crippen molar-refractivity contribution in [2.24, 2.45) is 5.92 Å². The molecule has 0 aliphatic heterocycles. The van der Waals surface area contributed by atoms with E-state index in [2.05, 4.69) is 20.3 Å². The molecule has 0 atom stereocenters. The van der Waals surface area contributed by atoms with Crippen LogP contribution in [0.15, 0.2) is 24.4 Å². The van der Waals surface area contributed by atoms with Crippen LogP contribution in [0.3, 0.4) is 0 Å². The molecule has 1 aliphatic carbocycles. The van der Waals surface area contributed by atoms with Crippen LogP contribution >= 0.6 is 11.3 Å². The molecule has 156 valence electrons. The molecule has 1 saturated carbocycles. The average molecular weight is 437 g/mol. The Kier molecular flexibility index (Phi) is 6.66. The second-order valence-electron chi connectivity index (χ2n) is 7.20. The molecule has 8 nitrogen and oxygen atoms in total. The van der Waals surface area contributed by atoms with E-state index in [1.165, 1.54) is 17.5 Å². The van der Waals surface area contributed by atoms with Crippen molar-refractivity contribution in [3.63, 3.8) is 0 Å². The molecule has 1 aliphatic rings. The summed E-state index contributed by atoms with van der Waals surface area (Å²) in [5.74, 6) is 0.0918. The van der Waals surface area contributed by atoms with Crippen molar-refractivity contribution < 1.29 is 18.0 Å². The van der Waals surface area contributed by atoms with Gasteiger partial charge >= 0.3 is 6.03 Å². The molecule has 0 saturated heterocycles. The minimum Gasteiger partial charge on any atom is -0.307 e. The predicted molar refractivity (Wildman–Crippen MR) is 114 cm³/mol. The number of carbonyl (C=O) groups excluding carboxylic acids is 2. The SMILES string of the molecule is Cc1ccc(NC(=O)Nc2ncc(CNS(C)(=O)=O)s2)c(C(=O)C2CCCC2)c1. The summed E-state index contributed by atoms with van der Waals surface area (Å²) in [6, 6.07) is 4.89. The van der Waals surface area contributed by atoms with Crippen LogP contribution in [0.25, 0.3) is 0 Å². The van der Waals surface area contributed by atoms with E-state index in [1.54, 1.807) is 6.07 Å². The Morgan fingerprint density at radius 1 is 1.21 bits per heavy atom. The highest BCUT2D eigenvalue weighted by molar-refractivity contribution is 7.88. The van der Waals surface area contributed by atoms with E-state index in [1.807, 2.05) is 19.1 Å². The average Bonchev–Trinajstić information content (AvgIpc) is 3.32. The van der Waals surface area contributed by atoms with E-state index in [0.29, 0.717) is 21.3 Å². The number of aryl methyl sites for hydroxylation is 1. The molecule has 1 aromatic carbocycles. The van der Waals surface area contributed by atoms with E-state index in [-0.39, 0.29) is 18.2 Å². The minimum atomic E-state index is -3.30. The smallest absolute Gasteiger partial charge is 0.307 e. The van der Waals surface area contributed by atoms with Gasteiger partial charge in [-0.25, -0.2) is 22.9 Å². The summed E-state index contributed by atoms with van der Waals surface area (Å²) in [4.78, 5) is 30.0. The maximum atomic E-state index is 12.9. The molecular formula is C19H24N4O4S2. The van der Waals surface area contributed by atoms with Crippen molar-refractivity contribution in [1.29, 1.82) is 0 Å². The molecule has 3 N–H and O–H groups in total. The number of nitrogens with zero attached hydrogens (tertiary/aromatic N) is 1. The number of aromatic nitrogens is 1. The molecule has 1 heterocycles. The number of rotatable bonds is 7. The van der Waals surface area contributed by atoms with Gasteiger partial charge in [0.05, 0.1) is 11.9 Å². The number of Topliss-reactive ketones (excluding diaryl/α,β-unsaturated/α-hetero) is 1. The lowest BCUT2D eigenvalue weighted by Gasteiger charge is -2.14. The third kappa shape index (κ3) is 6.09. The van der Waals surface area contributed by atoms with Gasteiger partial charge in [0.25, 0.3) is 0 Å². The van der Waals surface area contributed by atoms with Crippen molar-refractivity contribution in [3.05, 3.63) is 40.4 Å². The van der Waals surface area contributed by atoms with Gasteiger partial charge in [-0.3, -0.25) is 10.1 Å². The lowest BCUT2D eigenvalue weighted by molar-refractivity contribution is 0.0923. The monoisotopic (exact) mass is 436 g/mol. The van der Waals surface area contributed by atoms with Gasteiger partial charge in [0.1, 0.15) is 0 Å². The van der Waals surface area contributed by atoms with Gasteiger partial charge in [-0.15, -0.1) is 11.3 Å². The number of sulfonamides is 1. The number of hydrogen-bond donors (Lipinski definition) is 3. The van der Waals surface area contributed by atoms with Crippen LogP contribution in [0, 0.1) is 12.8 Å². The zero-order valence-electron chi connectivity index (χ0n) is 16.3. The number of amides is 2. The predicted octanol–water partition coefficient (Wildman–Crippen LogP) is 3.52. The highest BCUT2D eigenvalue weighted by atomic mass is 32.2. The zero-order chi connectivity index (χ0) is 21.0. The van der Waals surface area contributed by atoms with Crippen molar-refractivity contribution >= 4 is 44.0 Å². The fourth-order valence-electron chi connectivity index (χ4n) is 3.28. The van der Waals surface area contributed by atoms with E-state index in [4.69, 9.17) is 0 Å². The number of ketones is 1. The first-order valence-corrected chi connectivity index (χ1v) is 12.0. The van der Waals surface area contributed by atoms with E-state index in [9.17, 15) is 18.0 Å². The molecule has 10 heteroatoms. The molecule has 0 unspecified atom stereocenters. The number of anilines is 2. The Balaban J connectivity index is 1.66. The van der Waals surface area contributed by atoms with Crippen LogP contribution in [-0.4, -0.2) is 31.5 Å². The molecule has 0 bridgehead atoms. The van der Waals surface area contributed by atoms with Crippen LogP contribution in [0.5, 0.6) is 0 Å². The molecule has 3 rings (SSSR count). The quantitative estimate of drug-likeness (QED) is 0.574. The number of thiazole rings is 1. The lowest BCUT2D eigenvalue weighted by atomic mass is 9.94. The number of hydrogen-bond acceptors (Lipinski definition) is 6. The summed E-state index contributed by atoms with van der Waals surface area (Å²) in [6.07, 6.45) is 6.48. The third-order valence-corrected chi connectivity index (χ3v) is 6.28. The maximum absolute atomic E-state index is 12.9. The summed E-state index contributed by atoms with van der Waals surface area (Å²) in [5, 5.41) is 5.70. The number of benzene rings is 1. The Morgan fingerprint density at radius 3 is 2.62 bits per heavy atom. The van der Waals surface area contributed by atoms with Crippen molar-refractivity contribution in [2.75, 3.05) is 16.9 Å². The Bertz CT molecular complexity index is 1010. The second-order valence-corrected chi connectivity index (χ2v) is 10.1. The Morgan fingerprint density at radius 2 is 1.93 bits per heavy atom. The highest BCUT2D eigenvalue weighted by Gasteiger charge is 2.26. The summed E-state index contributed by atoms with van der Waals surface area (Å²) >= 11 is 1.17. The molecule has 29 heavy (non-hydrogen) atoms. The largest absolute Gasteiger partial charge is 0.325 e. The molecular weight excluding hydrogens is 412 g/mol. The molecule has 1 aromatic heterocycles. The van der Waals surface area contributed by atoms with Crippen LogP contribution in [0.2, 0.25) is 0 Å². The lowest BCUT2D eigenvalue weighted by Crippen LogP contribution is -2.22. The molecule has 0 spiro atoms. The van der Waals surface area contributed by atoms with Gasteiger partial charge in [-0.2, -0.15) is 0 Å². The Hall–Kier alpha value is -2.30. The first-order chi connectivity index (χ1) is 13.7. The fraction of sp³-hybridized carbons (Fsp3) is 0.421. The molecule has 1 fully saturated rings. The van der Waals surface area contributed by atoms with Gasteiger partial charge in [-0.05, 0) is 31.9 Å². The van der Waals surface area contributed by atoms with Crippen molar-refractivity contribution in [3.8, 4) is 0 Å². The zero-order valence-corrected chi connectivity index (χ0v) is 18.0. The first-order valence-electron chi connectivity index (χ1n) is 9.33. The Labute approximate surface area is 174 Å². The first kappa shape index (κ1) is 21.4. The normalized spacial score (nSPS) is 14.7. The van der Waals surface area contributed by atoms with Gasteiger partial charge in [0.2, 0.25) is 10.0 Å². The van der Waals surface area contributed by atoms with Crippen molar-refractivity contribution in [2.45, 2.75) is 39.2 Å². The minimum absolute atomic E-state index is 0.0178. The van der Waals surface area contributed by atoms with Crippen LogP contribution in [0.4, 0.5) is 15.6 Å². The maximum Gasteiger partial charge on any atom is 0.325 e. The van der Waals surface area contributed by atoms with Gasteiger partial charge < -0.3 is 5.32 Å². The third-order valence-electron chi connectivity index (χ3n) is 4.70. The van der Waals surface area contributed by atoms with Gasteiger partial charge in [0, 0.05) is 29.1 Å². The molecule has 0 radical (unpaired) electrons. The molecule has 2 amide bonds. The van der Waals surface area contributed by atoms with E-state index < -0.39 is 16.1 Å². The second kappa shape index (κ2) is 9.02. The summed E-state index contributed by atoms with van der Waals surface area (Å²) < 4.78 is 24.7. The van der Waals surface area contributed by atoms with E-state index >= 15 is 0 Å². The highest BCUT2D eigenvalue weighted by Crippen LogP contribution is 2.31. The van der Waals surface area contributed by atoms with Crippen molar-refractivity contribution in [1.82, 2.24) is 9.71 Å². The van der Waals surface area contributed by atoms with Crippen LogP contribution in [0.1, 0.15) is 46.5 Å². The topological polar surface area (TPSA) is 117 Å². The van der Waals surface area contributed by atoms with Crippen LogP contribution < -0.4 is 15.4 Å². The van der Waals surface area contributed by atoms with Crippen LogP contribution in [-0.2, 0) is 16.6 Å². The number of urea groups is 1. The summed E-state index contributed by atoms with van der Waals surface area (Å²) in [7, 11) is -3.30. The summed E-state index contributed by atoms with van der Waals surface area (Å²) in [5.41, 5.74) is 1.96. The fourth-order valence-corrected chi connectivity index (χ4v) is 4.54. The van der Waals surface area contributed by atoms with E-state index in [0.717, 1.165) is 37.5 Å². The number of carbonyl (C=O) groups is 2. The summed E-state index contributed by atoms with van der Waals surface area (Å²) in [6.45, 7) is 2.02. The molecule has 2 aromatic rings. The van der Waals surface area contributed by atoms with Gasteiger partial charge in [-0.1, -0.05) is 24.5 Å².